The Hall–Kier alpha value is -3.64. The summed E-state index contributed by atoms with van der Waals surface area (Å²) >= 11 is 6.94. The van der Waals surface area contributed by atoms with Gasteiger partial charge in [-0.05, 0) is 42.1 Å². The Bertz CT molecular complexity index is 1180. The monoisotopic (exact) mass is 477 g/mol. The first-order chi connectivity index (χ1) is 15.3. The Kier molecular flexibility index (Phi) is 7.28. The van der Waals surface area contributed by atoms with Crippen LogP contribution in [0.4, 0.5) is 11.4 Å². The molecule has 3 aromatic rings. The predicted molar refractivity (Wildman–Crippen MR) is 115 cm³/mol. The fourth-order valence-electron chi connectivity index (χ4n) is 2.52. The van der Waals surface area contributed by atoms with Gasteiger partial charge in [0.1, 0.15) is 12.1 Å². The topological polar surface area (TPSA) is 138 Å². The van der Waals surface area contributed by atoms with Crippen LogP contribution in [0.1, 0.15) is 10.4 Å². The molecule has 0 aliphatic rings. The molecule has 0 saturated carbocycles. The number of anilines is 1. The second kappa shape index (κ2) is 10.1. The summed E-state index contributed by atoms with van der Waals surface area (Å²) in [7, 11) is 3.13. The third-order valence-electron chi connectivity index (χ3n) is 4.03. The van der Waals surface area contributed by atoms with Gasteiger partial charge in [0.2, 0.25) is 0 Å². The van der Waals surface area contributed by atoms with E-state index in [1.165, 1.54) is 31.6 Å². The SMILES string of the molecule is COc1ccc(Cl)cc1NC(=O)COC(=O)c1ccc(Sc2nncn2C)c([N+](=O)[O-])c1. The van der Waals surface area contributed by atoms with E-state index in [2.05, 4.69) is 15.5 Å². The molecular formula is C19H16ClN5O6S. The van der Waals surface area contributed by atoms with Crippen molar-refractivity contribution in [3.8, 4) is 5.75 Å². The third kappa shape index (κ3) is 5.53. The van der Waals surface area contributed by atoms with Crippen LogP contribution in [0, 0.1) is 10.1 Å². The lowest BCUT2D eigenvalue weighted by Crippen LogP contribution is -2.21. The van der Waals surface area contributed by atoms with Crippen LogP contribution in [-0.4, -0.2) is 45.3 Å². The smallest absolute Gasteiger partial charge is 0.338 e. The van der Waals surface area contributed by atoms with E-state index in [1.54, 1.807) is 23.7 Å². The number of nitro groups is 1. The van der Waals surface area contributed by atoms with E-state index in [0.29, 0.717) is 21.6 Å². The minimum Gasteiger partial charge on any atom is -0.495 e. The standard InChI is InChI=1S/C19H16ClN5O6S/c1-24-10-21-23-19(24)32-16-6-3-11(7-14(16)25(28)29)18(27)31-9-17(26)22-13-8-12(20)4-5-15(13)30-2/h3-8,10H,9H2,1-2H3,(H,22,26). The van der Waals surface area contributed by atoms with Gasteiger partial charge in [-0.25, -0.2) is 4.79 Å². The molecule has 0 unspecified atom stereocenters. The number of rotatable bonds is 8. The van der Waals surface area contributed by atoms with Crippen molar-refractivity contribution in [1.82, 2.24) is 14.8 Å². The molecule has 0 atom stereocenters. The molecule has 11 nitrogen and oxygen atoms in total. The van der Waals surface area contributed by atoms with Crippen molar-refractivity contribution in [2.75, 3.05) is 19.0 Å². The lowest BCUT2D eigenvalue weighted by Gasteiger charge is -2.11. The third-order valence-corrected chi connectivity index (χ3v) is 5.38. The van der Waals surface area contributed by atoms with Crippen molar-refractivity contribution < 1.29 is 24.0 Å². The van der Waals surface area contributed by atoms with Crippen molar-refractivity contribution in [1.29, 1.82) is 0 Å². The van der Waals surface area contributed by atoms with E-state index >= 15 is 0 Å². The summed E-state index contributed by atoms with van der Waals surface area (Å²) in [5, 5.41) is 22.4. The van der Waals surface area contributed by atoms with Gasteiger partial charge in [-0.1, -0.05) is 11.6 Å². The van der Waals surface area contributed by atoms with Crippen LogP contribution in [0.2, 0.25) is 5.02 Å². The van der Waals surface area contributed by atoms with Gasteiger partial charge in [0.05, 0.1) is 28.2 Å². The van der Waals surface area contributed by atoms with Crippen LogP contribution in [0.3, 0.4) is 0 Å². The summed E-state index contributed by atoms with van der Waals surface area (Å²) in [5.41, 5.74) is -0.0745. The van der Waals surface area contributed by atoms with Crippen LogP contribution in [0.5, 0.6) is 5.75 Å². The van der Waals surface area contributed by atoms with Crippen LogP contribution in [0.15, 0.2) is 52.8 Å². The van der Waals surface area contributed by atoms with Crippen LogP contribution < -0.4 is 10.1 Å². The van der Waals surface area contributed by atoms with Gasteiger partial charge in [0.15, 0.2) is 11.8 Å². The number of nitrogens with zero attached hydrogens (tertiary/aromatic N) is 4. The van der Waals surface area contributed by atoms with Gasteiger partial charge in [-0.2, -0.15) is 0 Å². The van der Waals surface area contributed by atoms with Crippen LogP contribution in [-0.2, 0) is 16.6 Å². The molecule has 0 radical (unpaired) electrons. The lowest BCUT2D eigenvalue weighted by molar-refractivity contribution is -0.387. The molecule has 3 rings (SSSR count). The first-order valence-corrected chi connectivity index (χ1v) is 10.1. The molecule has 0 saturated heterocycles. The molecule has 0 aliphatic carbocycles. The van der Waals surface area contributed by atoms with Gasteiger partial charge < -0.3 is 19.4 Å². The Morgan fingerprint density at radius 1 is 1.28 bits per heavy atom. The molecule has 166 valence electrons. The van der Waals surface area contributed by atoms with Gasteiger partial charge in [0.25, 0.3) is 11.6 Å². The second-order valence-electron chi connectivity index (χ2n) is 6.24. The minimum atomic E-state index is -0.892. The zero-order chi connectivity index (χ0) is 23.3. The number of aromatic nitrogens is 3. The number of hydrogen-bond donors (Lipinski definition) is 1. The van der Waals surface area contributed by atoms with Gasteiger partial charge in [0, 0.05) is 18.1 Å². The molecule has 0 fully saturated rings. The zero-order valence-electron chi connectivity index (χ0n) is 16.8. The number of aryl methyl sites for hydroxylation is 1. The van der Waals surface area contributed by atoms with E-state index < -0.39 is 23.4 Å². The number of carbonyl (C=O) groups is 2. The van der Waals surface area contributed by atoms with E-state index in [9.17, 15) is 19.7 Å². The molecular weight excluding hydrogens is 462 g/mol. The molecule has 13 heteroatoms. The number of esters is 1. The lowest BCUT2D eigenvalue weighted by atomic mass is 10.2. The Balaban J connectivity index is 1.68. The van der Waals surface area contributed by atoms with Crippen LogP contribution >= 0.6 is 23.4 Å². The van der Waals surface area contributed by atoms with Crippen molar-refractivity contribution in [2.24, 2.45) is 7.05 Å². The number of nitro benzene ring substituents is 1. The summed E-state index contributed by atoms with van der Waals surface area (Å²) in [6, 6.07) is 8.51. The molecule has 1 heterocycles. The second-order valence-corrected chi connectivity index (χ2v) is 7.68. The largest absolute Gasteiger partial charge is 0.495 e. The Morgan fingerprint density at radius 3 is 2.72 bits per heavy atom. The number of amides is 1. The molecule has 1 N–H and O–H groups in total. The molecule has 0 bridgehead atoms. The predicted octanol–water partition coefficient (Wildman–Crippen LogP) is 3.33. The summed E-state index contributed by atoms with van der Waals surface area (Å²) in [6.45, 7) is -0.613. The number of benzene rings is 2. The Labute approximate surface area is 190 Å². The van der Waals surface area contributed by atoms with E-state index in [-0.39, 0.29) is 16.1 Å². The number of halogens is 1. The first-order valence-electron chi connectivity index (χ1n) is 8.89. The highest BCUT2D eigenvalue weighted by molar-refractivity contribution is 7.99. The molecule has 1 amide bonds. The molecule has 32 heavy (non-hydrogen) atoms. The highest BCUT2D eigenvalue weighted by atomic mass is 35.5. The summed E-state index contributed by atoms with van der Waals surface area (Å²) < 4.78 is 11.7. The molecule has 0 spiro atoms. The maximum Gasteiger partial charge on any atom is 0.338 e. The van der Waals surface area contributed by atoms with Crippen molar-refractivity contribution in [3.63, 3.8) is 0 Å². The average Bonchev–Trinajstić information content (AvgIpc) is 3.16. The maximum atomic E-state index is 12.3. The van der Waals surface area contributed by atoms with E-state index in [0.717, 1.165) is 17.8 Å². The quantitative estimate of drug-likeness (QED) is 0.294. The number of methoxy groups -OCH3 is 1. The van der Waals surface area contributed by atoms with Crippen molar-refractivity contribution >= 4 is 46.6 Å². The van der Waals surface area contributed by atoms with Crippen molar-refractivity contribution in [3.05, 3.63) is 63.4 Å². The number of carbonyl (C=O) groups excluding carboxylic acids is 2. The number of ether oxygens (including phenoxy) is 2. The van der Waals surface area contributed by atoms with E-state index in [1.807, 2.05) is 0 Å². The fraction of sp³-hybridized carbons (Fsp3) is 0.158. The summed E-state index contributed by atoms with van der Waals surface area (Å²) in [6.07, 6.45) is 1.46. The van der Waals surface area contributed by atoms with Gasteiger partial charge >= 0.3 is 5.97 Å². The van der Waals surface area contributed by atoms with Gasteiger partial charge in [-0.3, -0.25) is 14.9 Å². The Morgan fingerprint density at radius 2 is 2.06 bits per heavy atom. The molecule has 1 aromatic heterocycles. The highest BCUT2D eigenvalue weighted by Crippen LogP contribution is 2.34. The van der Waals surface area contributed by atoms with E-state index in [4.69, 9.17) is 21.1 Å². The highest BCUT2D eigenvalue weighted by Gasteiger charge is 2.21. The molecule has 2 aromatic carbocycles. The fourth-order valence-corrected chi connectivity index (χ4v) is 3.54. The number of hydrogen-bond acceptors (Lipinski definition) is 9. The summed E-state index contributed by atoms with van der Waals surface area (Å²) in [4.78, 5) is 35.6. The normalized spacial score (nSPS) is 10.5. The summed E-state index contributed by atoms with van der Waals surface area (Å²) in [5.74, 6) is -1.15. The first kappa shape index (κ1) is 23.0. The van der Waals surface area contributed by atoms with Gasteiger partial charge in [-0.15, -0.1) is 10.2 Å². The molecule has 0 aliphatic heterocycles. The zero-order valence-corrected chi connectivity index (χ0v) is 18.3. The number of nitrogens with one attached hydrogen (secondary N) is 1. The minimum absolute atomic E-state index is 0.0767. The van der Waals surface area contributed by atoms with Crippen molar-refractivity contribution in [2.45, 2.75) is 10.1 Å². The van der Waals surface area contributed by atoms with Crippen LogP contribution in [0.25, 0.3) is 0 Å². The average molecular weight is 478 g/mol. The maximum absolute atomic E-state index is 12.3.